The zero-order valence-corrected chi connectivity index (χ0v) is 22.9. The number of carbonyl (C=O) groups excluding carboxylic acids is 2. The number of aromatic amines is 1. The molecule has 0 radical (unpaired) electrons. The average Bonchev–Trinajstić information content (AvgIpc) is 3.58. The van der Waals surface area contributed by atoms with Crippen molar-refractivity contribution in [2.75, 3.05) is 13.4 Å². The van der Waals surface area contributed by atoms with E-state index >= 15 is 0 Å². The number of ether oxygens (including phenoxy) is 3. The molecule has 4 aromatic rings. The molecule has 4 rings (SSSR count). The van der Waals surface area contributed by atoms with Crippen molar-refractivity contribution in [2.45, 2.75) is 52.7 Å². The van der Waals surface area contributed by atoms with E-state index in [0.717, 1.165) is 28.7 Å². The predicted octanol–water partition coefficient (Wildman–Crippen LogP) is 4.25. The summed E-state index contributed by atoms with van der Waals surface area (Å²) < 4.78 is 16.5. The molecule has 0 aliphatic carbocycles. The second-order valence-electron chi connectivity index (χ2n) is 9.48. The Bertz CT molecular complexity index is 1440. The Hall–Kier alpha value is -4.58. The Morgan fingerprint density at radius 3 is 2.35 bits per heavy atom. The molecule has 0 atom stereocenters. The Morgan fingerprint density at radius 1 is 1.00 bits per heavy atom. The van der Waals surface area contributed by atoms with Crippen LogP contribution in [0.2, 0.25) is 0 Å². The normalized spacial score (nSPS) is 11.3. The summed E-state index contributed by atoms with van der Waals surface area (Å²) in [5, 5.41) is 25.2. The summed E-state index contributed by atoms with van der Waals surface area (Å²) in [4.78, 5) is 29.3. The van der Waals surface area contributed by atoms with Gasteiger partial charge < -0.3 is 23.9 Å². The van der Waals surface area contributed by atoms with Gasteiger partial charge in [0.1, 0.15) is 17.1 Å². The van der Waals surface area contributed by atoms with Gasteiger partial charge in [0, 0.05) is 18.5 Å². The van der Waals surface area contributed by atoms with Gasteiger partial charge in [-0.3, -0.25) is 0 Å². The van der Waals surface area contributed by atoms with Crippen LogP contribution in [0.1, 0.15) is 61.7 Å². The third-order valence-electron chi connectivity index (χ3n) is 6.04. The third kappa shape index (κ3) is 6.52. The topological polar surface area (TPSA) is 154 Å². The van der Waals surface area contributed by atoms with Crippen molar-refractivity contribution in [1.82, 2.24) is 30.2 Å². The van der Waals surface area contributed by atoms with Crippen molar-refractivity contribution in [3.05, 3.63) is 71.3 Å². The van der Waals surface area contributed by atoms with Gasteiger partial charge in [-0.1, -0.05) is 55.5 Å². The van der Waals surface area contributed by atoms with E-state index in [1.54, 1.807) is 25.3 Å². The lowest BCUT2D eigenvalue weighted by molar-refractivity contribution is -0.0274. The first-order chi connectivity index (χ1) is 19.2. The van der Waals surface area contributed by atoms with E-state index < -0.39 is 24.5 Å². The van der Waals surface area contributed by atoms with Gasteiger partial charge in [-0.05, 0) is 49.1 Å². The quantitative estimate of drug-likeness (QED) is 0.205. The number of hydrogen-bond donors (Lipinski definition) is 2. The molecule has 0 saturated carbocycles. The van der Waals surface area contributed by atoms with E-state index in [0.29, 0.717) is 24.6 Å². The lowest BCUT2D eigenvalue weighted by atomic mass is 9.98. The van der Waals surface area contributed by atoms with Gasteiger partial charge in [-0.25, -0.2) is 14.6 Å². The molecule has 210 valence electrons. The van der Waals surface area contributed by atoms with Gasteiger partial charge in [0.15, 0.2) is 5.69 Å². The number of aromatic nitrogens is 6. The molecule has 0 aliphatic rings. The van der Waals surface area contributed by atoms with Crippen LogP contribution in [0.25, 0.3) is 22.5 Å². The van der Waals surface area contributed by atoms with E-state index in [1.807, 2.05) is 55.5 Å². The Morgan fingerprint density at radius 2 is 1.73 bits per heavy atom. The molecule has 12 heteroatoms. The molecule has 0 amide bonds. The van der Waals surface area contributed by atoms with Crippen LogP contribution in [0.15, 0.2) is 48.5 Å². The number of tetrazole rings is 1. The van der Waals surface area contributed by atoms with Gasteiger partial charge in [0.25, 0.3) is 0 Å². The van der Waals surface area contributed by atoms with Crippen molar-refractivity contribution >= 4 is 12.1 Å². The zero-order valence-electron chi connectivity index (χ0n) is 22.9. The predicted molar refractivity (Wildman–Crippen MR) is 144 cm³/mol. The van der Waals surface area contributed by atoms with Crippen LogP contribution in [-0.4, -0.2) is 60.8 Å². The van der Waals surface area contributed by atoms with Crippen LogP contribution in [0.4, 0.5) is 4.79 Å². The van der Waals surface area contributed by atoms with Gasteiger partial charge in [0.05, 0.1) is 6.61 Å². The fourth-order valence-electron chi connectivity index (χ4n) is 4.25. The number of imidazole rings is 1. The molecule has 0 spiro atoms. The number of aryl methyl sites for hydroxylation is 1. The second-order valence-corrected chi connectivity index (χ2v) is 9.48. The minimum atomic E-state index is -1.42. The van der Waals surface area contributed by atoms with Gasteiger partial charge in [0.2, 0.25) is 12.6 Å². The molecule has 2 N–H and O–H groups in total. The monoisotopic (exact) mass is 548 g/mol. The molecular formula is C28H32N6O6. The van der Waals surface area contributed by atoms with Gasteiger partial charge in [-0.15, -0.1) is 10.2 Å². The Balaban J connectivity index is 1.65. The molecule has 40 heavy (non-hydrogen) atoms. The average molecular weight is 549 g/mol. The fraction of sp³-hybridized carbons (Fsp3) is 0.357. The molecule has 0 fully saturated rings. The van der Waals surface area contributed by atoms with E-state index in [-0.39, 0.29) is 18.0 Å². The number of carbonyl (C=O) groups is 2. The molecule has 2 heterocycles. The highest BCUT2D eigenvalue weighted by atomic mass is 16.8. The van der Waals surface area contributed by atoms with E-state index in [2.05, 4.69) is 25.6 Å². The summed E-state index contributed by atoms with van der Waals surface area (Å²) in [6.07, 6.45) is 0.402. The van der Waals surface area contributed by atoms with Crippen LogP contribution in [-0.2, 0) is 32.8 Å². The number of rotatable bonds is 11. The summed E-state index contributed by atoms with van der Waals surface area (Å²) in [5.41, 5.74) is 2.49. The maximum atomic E-state index is 13.2. The number of aliphatic hydroxyl groups is 1. The van der Waals surface area contributed by atoms with Crippen molar-refractivity contribution in [1.29, 1.82) is 0 Å². The van der Waals surface area contributed by atoms with Crippen LogP contribution in [0, 0.1) is 0 Å². The number of benzene rings is 2. The maximum Gasteiger partial charge on any atom is 0.511 e. The molecule has 0 unspecified atom stereocenters. The third-order valence-corrected chi connectivity index (χ3v) is 6.04. The van der Waals surface area contributed by atoms with Crippen molar-refractivity contribution in [3.63, 3.8) is 0 Å². The van der Waals surface area contributed by atoms with E-state index in [9.17, 15) is 14.7 Å². The summed E-state index contributed by atoms with van der Waals surface area (Å²) in [6, 6.07) is 15.6. The van der Waals surface area contributed by atoms with Crippen LogP contribution >= 0.6 is 0 Å². The molecule has 0 aliphatic heterocycles. The van der Waals surface area contributed by atoms with Crippen molar-refractivity contribution in [3.8, 4) is 22.5 Å². The fourth-order valence-corrected chi connectivity index (χ4v) is 4.25. The number of esters is 1. The minimum absolute atomic E-state index is 0.0925. The summed E-state index contributed by atoms with van der Waals surface area (Å²) in [6.45, 7) is 6.54. The summed E-state index contributed by atoms with van der Waals surface area (Å²) in [5.74, 6) is 0.350. The second kappa shape index (κ2) is 12.5. The van der Waals surface area contributed by atoms with E-state index in [1.165, 1.54) is 0 Å². The smallest absolute Gasteiger partial charge is 0.435 e. The zero-order chi connectivity index (χ0) is 28.7. The van der Waals surface area contributed by atoms with Crippen molar-refractivity contribution < 1.29 is 28.9 Å². The first-order valence-electron chi connectivity index (χ1n) is 12.9. The first-order valence-corrected chi connectivity index (χ1v) is 12.9. The highest BCUT2D eigenvalue weighted by Gasteiger charge is 2.32. The molecule has 2 aromatic heterocycles. The number of hydrogen-bond acceptors (Lipinski definition) is 10. The lowest BCUT2D eigenvalue weighted by Crippen LogP contribution is -2.24. The number of H-pyrrole nitrogens is 1. The summed E-state index contributed by atoms with van der Waals surface area (Å²) >= 11 is 0. The number of nitrogens with one attached hydrogen (secondary N) is 1. The first kappa shape index (κ1) is 28.4. The van der Waals surface area contributed by atoms with E-state index in [4.69, 9.17) is 14.2 Å². The van der Waals surface area contributed by atoms with Crippen LogP contribution < -0.4 is 0 Å². The highest BCUT2D eigenvalue weighted by molar-refractivity contribution is 5.89. The molecule has 2 aromatic carbocycles. The molecular weight excluding hydrogens is 516 g/mol. The van der Waals surface area contributed by atoms with Gasteiger partial charge in [-0.2, -0.15) is 5.21 Å². The molecule has 0 bridgehead atoms. The number of nitrogens with zero attached hydrogens (tertiary/aromatic N) is 5. The highest BCUT2D eigenvalue weighted by Crippen LogP contribution is 2.31. The standard InChI is InChI=1S/C28H32N6O6/c1-5-9-22-29-24(28(3,4)37)23(26(35)39-17-40-27(36)38-6-2)34(22)16-18-12-14-19(15-13-18)20-10-7-8-11-21(20)25-30-32-33-31-25/h7-8,10-15,37H,5-6,9,16-17H2,1-4H3,(H,30,31,32,33). The molecule has 12 nitrogen and oxygen atoms in total. The Labute approximate surface area is 231 Å². The van der Waals surface area contributed by atoms with Gasteiger partial charge >= 0.3 is 12.1 Å². The maximum absolute atomic E-state index is 13.2. The molecule has 0 saturated heterocycles. The van der Waals surface area contributed by atoms with Crippen LogP contribution in [0.5, 0.6) is 0 Å². The van der Waals surface area contributed by atoms with Crippen LogP contribution in [0.3, 0.4) is 0 Å². The van der Waals surface area contributed by atoms with Crippen molar-refractivity contribution in [2.24, 2.45) is 0 Å². The summed E-state index contributed by atoms with van der Waals surface area (Å²) in [7, 11) is 0. The SMILES string of the molecule is CCCc1nc(C(C)(C)O)c(C(=O)OCOC(=O)OCC)n1Cc1ccc(-c2ccccc2-c2nn[nH]n2)cc1. The Kier molecular flexibility index (Phi) is 8.90. The minimum Gasteiger partial charge on any atom is -0.435 e. The largest absolute Gasteiger partial charge is 0.511 e. The lowest BCUT2D eigenvalue weighted by Gasteiger charge is -2.18.